The van der Waals surface area contributed by atoms with E-state index in [1.807, 2.05) is 0 Å². The van der Waals surface area contributed by atoms with E-state index in [1.54, 1.807) is 0 Å². The highest BCUT2D eigenvalue weighted by molar-refractivity contribution is 7.89. The molecule has 90 valence electrons. The molecular formula is C7H9NO6S2. The number of benzene rings is 1. The van der Waals surface area contributed by atoms with Crippen LogP contribution in [0.5, 0.6) is 0 Å². The van der Waals surface area contributed by atoms with Gasteiger partial charge in [0.25, 0.3) is 10.1 Å². The zero-order chi connectivity index (χ0) is 12.6. The third-order valence-electron chi connectivity index (χ3n) is 1.81. The van der Waals surface area contributed by atoms with Gasteiger partial charge in [0, 0.05) is 0 Å². The van der Waals surface area contributed by atoms with Gasteiger partial charge in [-0.1, -0.05) is 6.07 Å². The highest BCUT2D eigenvalue weighted by Crippen LogP contribution is 2.19. The molecular weight excluding hydrogens is 258 g/mol. The summed E-state index contributed by atoms with van der Waals surface area (Å²) in [6.45, 7) is -0.614. The molecule has 0 saturated heterocycles. The average molecular weight is 267 g/mol. The Balaban J connectivity index is 3.58. The van der Waals surface area contributed by atoms with Gasteiger partial charge in [0.1, 0.15) is 0 Å². The fourth-order valence-electron chi connectivity index (χ4n) is 1.09. The second-order valence-corrected chi connectivity index (χ2v) is 5.90. The molecule has 0 saturated carbocycles. The van der Waals surface area contributed by atoms with Crippen molar-refractivity contribution < 1.29 is 26.5 Å². The summed E-state index contributed by atoms with van der Waals surface area (Å²) in [4.78, 5) is -1.14. The monoisotopic (exact) mass is 267 g/mol. The predicted molar refractivity (Wildman–Crippen MR) is 53.6 cm³/mol. The van der Waals surface area contributed by atoms with E-state index in [4.69, 9.17) is 14.8 Å². The van der Waals surface area contributed by atoms with E-state index in [9.17, 15) is 16.8 Å². The lowest BCUT2D eigenvalue weighted by Gasteiger charge is -2.06. The SMILES string of the molecule is NS(=O)(=O)c1cc(S(=O)(=O)O)ccc1CO. The van der Waals surface area contributed by atoms with Crippen LogP contribution in [0.15, 0.2) is 28.0 Å². The van der Waals surface area contributed by atoms with Gasteiger partial charge in [0.05, 0.1) is 16.4 Å². The van der Waals surface area contributed by atoms with Gasteiger partial charge in [-0.2, -0.15) is 8.42 Å². The molecule has 16 heavy (non-hydrogen) atoms. The van der Waals surface area contributed by atoms with Gasteiger partial charge in [-0.05, 0) is 17.7 Å². The van der Waals surface area contributed by atoms with Crippen molar-refractivity contribution in [1.82, 2.24) is 0 Å². The molecule has 0 heterocycles. The van der Waals surface area contributed by atoms with Gasteiger partial charge in [-0.15, -0.1) is 0 Å². The molecule has 1 aromatic carbocycles. The van der Waals surface area contributed by atoms with Gasteiger partial charge >= 0.3 is 0 Å². The van der Waals surface area contributed by atoms with Crippen LogP contribution in [0.4, 0.5) is 0 Å². The molecule has 1 aromatic rings. The lowest BCUT2D eigenvalue weighted by molar-refractivity contribution is 0.278. The molecule has 0 atom stereocenters. The van der Waals surface area contributed by atoms with Crippen LogP contribution in [0.25, 0.3) is 0 Å². The van der Waals surface area contributed by atoms with Crippen LogP contribution in [0.2, 0.25) is 0 Å². The number of aliphatic hydroxyl groups is 1. The van der Waals surface area contributed by atoms with Crippen LogP contribution < -0.4 is 5.14 Å². The molecule has 0 bridgehead atoms. The number of nitrogens with two attached hydrogens (primary N) is 1. The molecule has 0 fully saturated rings. The Labute approximate surface area is 92.3 Å². The Kier molecular flexibility index (Phi) is 3.35. The fraction of sp³-hybridized carbons (Fsp3) is 0.143. The molecule has 0 aliphatic carbocycles. The second-order valence-electron chi connectivity index (χ2n) is 2.95. The summed E-state index contributed by atoms with van der Waals surface area (Å²) in [6, 6.07) is 2.72. The van der Waals surface area contributed by atoms with E-state index in [1.165, 1.54) is 0 Å². The Hall–Kier alpha value is -1.00. The van der Waals surface area contributed by atoms with E-state index in [0.717, 1.165) is 12.1 Å². The number of rotatable bonds is 3. The van der Waals surface area contributed by atoms with Crippen molar-refractivity contribution in [2.75, 3.05) is 0 Å². The summed E-state index contributed by atoms with van der Waals surface area (Å²) in [5.74, 6) is 0. The van der Waals surface area contributed by atoms with Crippen LogP contribution in [-0.2, 0) is 26.7 Å². The van der Waals surface area contributed by atoms with Gasteiger partial charge in [-0.3, -0.25) is 4.55 Å². The second kappa shape index (κ2) is 4.11. The van der Waals surface area contributed by atoms with Crippen LogP contribution in [0.1, 0.15) is 5.56 Å². The average Bonchev–Trinajstić information content (AvgIpc) is 2.14. The molecule has 1 rings (SSSR count). The zero-order valence-electron chi connectivity index (χ0n) is 7.86. The largest absolute Gasteiger partial charge is 0.392 e. The van der Waals surface area contributed by atoms with Gasteiger partial charge in [0.15, 0.2) is 0 Å². The Morgan fingerprint density at radius 1 is 1.19 bits per heavy atom. The quantitative estimate of drug-likeness (QED) is 0.606. The molecule has 0 aromatic heterocycles. The molecule has 0 amide bonds. The van der Waals surface area contributed by atoms with E-state index < -0.39 is 36.5 Å². The third-order valence-corrected chi connectivity index (χ3v) is 3.66. The van der Waals surface area contributed by atoms with Crippen molar-refractivity contribution in [3.63, 3.8) is 0 Å². The number of aliphatic hydroxyl groups excluding tert-OH is 1. The van der Waals surface area contributed by atoms with Crippen molar-refractivity contribution in [2.24, 2.45) is 5.14 Å². The maximum atomic E-state index is 11.1. The smallest absolute Gasteiger partial charge is 0.294 e. The van der Waals surface area contributed by atoms with Gasteiger partial charge in [-0.25, -0.2) is 13.6 Å². The van der Waals surface area contributed by atoms with Gasteiger partial charge < -0.3 is 5.11 Å². The van der Waals surface area contributed by atoms with Crippen molar-refractivity contribution in [3.8, 4) is 0 Å². The van der Waals surface area contributed by atoms with Crippen molar-refractivity contribution in [1.29, 1.82) is 0 Å². The molecule has 0 radical (unpaired) electrons. The molecule has 4 N–H and O–H groups in total. The first-order valence-electron chi connectivity index (χ1n) is 3.90. The summed E-state index contributed by atoms with van der Waals surface area (Å²) < 4.78 is 52.4. The van der Waals surface area contributed by atoms with Crippen LogP contribution in [0.3, 0.4) is 0 Å². The van der Waals surface area contributed by atoms with E-state index in [2.05, 4.69) is 0 Å². The normalized spacial score (nSPS) is 12.7. The summed E-state index contributed by atoms with van der Waals surface area (Å²) in [6.07, 6.45) is 0. The minimum Gasteiger partial charge on any atom is -0.392 e. The summed E-state index contributed by atoms with van der Waals surface area (Å²) in [7, 11) is -8.68. The van der Waals surface area contributed by atoms with Crippen molar-refractivity contribution in [2.45, 2.75) is 16.4 Å². The van der Waals surface area contributed by atoms with Crippen molar-refractivity contribution >= 4 is 20.1 Å². The minimum atomic E-state index is -4.51. The molecule has 0 aliphatic rings. The van der Waals surface area contributed by atoms with E-state index in [0.29, 0.717) is 6.07 Å². The lowest BCUT2D eigenvalue weighted by Crippen LogP contribution is -2.15. The number of hydrogen-bond acceptors (Lipinski definition) is 5. The fourth-order valence-corrected chi connectivity index (χ4v) is 2.46. The Bertz CT molecular complexity index is 604. The van der Waals surface area contributed by atoms with E-state index in [-0.39, 0.29) is 5.56 Å². The highest BCUT2D eigenvalue weighted by Gasteiger charge is 2.18. The third kappa shape index (κ3) is 2.77. The first-order chi connectivity index (χ1) is 7.16. The molecule has 0 unspecified atom stereocenters. The first-order valence-corrected chi connectivity index (χ1v) is 6.89. The maximum absolute atomic E-state index is 11.1. The summed E-state index contributed by atoms with van der Waals surface area (Å²) in [5, 5.41) is 13.7. The minimum absolute atomic E-state index is 0.0464. The Morgan fingerprint density at radius 2 is 1.75 bits per heavy atom. The maximum Gasteiger partial charge on any atom is 0.294 e. The Morgan fingerprint density at radius 3 is 2.12 bits per heavy atom. The molecule has 9 heteroatoms. The predicted octanol–water partition coefficient (Wildman–Crippen LogP) is -0.927. The topological polar surface area (TPSA) is 135 Å². The molecule has 0 aliphatic heterocycles. The van der Waals surface area contributed by atoms with Crippen LogP contribution in [0, 0.1) is 0 Å². The number of hydrogen-bond donors (Lipinski definition) is 3. The standard InChI is InChI=1S/C7H9NO6S2/c8-15(10,11)7-3-6(16(12,13)14)2-1-5(7)4-9/h1-3,9H,4H2,(H2,8,10,11)(H,12,13,14). The van der Waals surface area contributed by atoms with E-state index >= 15 is 0 Å². The number of sulfonamides is 1. The zero-order valence-corrected chi connectivity index (χ0v) is 9.49. The first kappa shape index (κ1) is 13.1. The van der Waals surface area contributed by atoms with Crippen LogP contribution >= 0.6 is 0 Å². The molecule has 7 nitrogen and oxygen atoms in total. The summed E-state index contributed by atoms with van der Waals surface area (Å²) in [5.41, 5.74) is -0.0464. The molecule has 0 spiro atoms. The lowest BCUT2D eigenvalue weighted by atomic mass is 10.2. The highest BCUT2D eigenvalue weighted by atomic mass is 32.2. The number of primary sulfonamides is 1. The van der Waals surface area contributed by atoms with Crippen molar-refractivity contribution in [3.05, 3.63) is 23.8 Å². The van der Waals surface area contributed by atoms with Gasteiger partial charge in [0.2, 0.25) is 10.0 Å². The van der Waals surface area contributed by atoms with Crippen LogP contribution in [-0.4, -0.2) is 26.5 Å². The summed E-state index contributed by atoms with van der Waals surface area (Å²) >= 11 is 0.